The Bertz CT molecular complexity index is 633. The highest BCUT2D eigenvalue weighted by molar-refractivity contribution is 5.79. The number of aliphatic imine (C=N–C) groups is 1. The van der Waals surface area contributed by atoms with E-state index in [0.29, 0.717) is 0 Å². The summed E-state index contributed by atoms with van der Waals surface area (Å²) in [6.07, 6.45) is 4.93. The van der Waals surface area contributed by atoms with Gasteiger partial charge in [0.05, 0.1) is 11.4 Å². The molecule has 0 amide bonds. The molecular formula is C18H26FN5. The molecule has 24 heavy (non-hydrogen) atoms. The van der Waals surface area contributed by atoms with Gasteiger partial charge in [-0.05, 0) is 43.7 Å². The molecular weight excluding hydrogens is 305 g/mol. The maximum absolute atomic E-state index is 13.0. The summed E-state index contributed by atoms with van der Waals surface area (Å²) in [5.74, 6) is 0.609. The van der Waals surface area contributed by atoms with Crippen LogP contribution in [-0.2, 0) is 6.42 Å². The van der Waals surface area contributed by atoms with Gasteiger partial charge < -0.3 is 10.6 Å². The molecule has 0 saturated carbocycles. The van der Waals surface area contributed by atoms with E-state index in [1.165, 1.54) is 12.1 Å². The third-order valence-corrected chi connectivity index (χ3v) is 3.53. The zero-order valence-corrected chi connectivity index (χ0v) is 14.4. The van der Waals surface area contributed by atoms with Gasteiger partial charge in [-0.2, -0.15) is 5.10 Å². The first-order chi connectivity index (χ1) is 11.7. The summed E-state index contributed by atoms with van der Waals surface area (Å²) < 4.78 is 14.7. The largest absolute Gasteiger partial charge is 0.357 e. The molecule has 5 nitrogen and oxygen atoms in total. The van der Waals surface area contributed by atoms with Crippen LogP contribution in [0.15, 0.2) is 41.5 Å². The predicted molar refractivity (Wildman–Crippen MR) is 96.1 cm³/mol. The molecule has 0 bridgehead atoms. The highest BCUT2D eigenvalue weighted by Gasteiger charge is 2.03. The Hall–Kier alpha value is -2.37. The van der Waals surface area contributed by atoms with Gasteiger partial charge in [0.15, 0.2) is 5.96 Å². The van der Waals surface area contributed by atoms with Crippen molar-refractivity contribution in [3.8, 4) is 5.69 Å². The molecule has 0 saturated heterocycles. The number of aromatic nitrogens is 2. The van der Waals surface area contributed by atoms with E-state index in [4.69, 9.17) is 0 Å². The molecule has 0 fully saturated rings. The molecule has 0 aliphatic carbocycles. The number of benzene rings is 1. The zero-order valence-electron chi connectivity index (χ0n) is 14.4. The Morgan fingerprint density at radius 1 is 1.17 bits per heavy atom. The fraction of sp³-hybridized carbons (Fsp3) is 0.444. The third kappa shape index (κ3) is 5.68. The first-order valence-corrected chi connectivity index (χ1v) is 8.55. The molecule has 2 aromatic rings. The molecule has 1 heterocycles. The molecule has 6 heteroatoms. The average molecular weight is 331 g/mol. The van der Waals surface area contributed by atoms with Crippen molar-refractivity contribution in [3.05, 3.63) is 48.0 Å². The van der Waals surface area contributed by atoms with Gasteiger partial charge >= 0.3 is 0 Å². The molecule has 0 aliphatic rings. The lowest BCUT2D eigenvalue weighted by Crippen LogP contribution is -2.38. The quantitative estimate of drug-likeness (QED) is 0.444. The van der Waals surface area contributed by atoms with Crippen molar-refractivity contribution in [2.45, 2.75) is 33.1 Å². The molecule has 2 rings (SSSR count). The van der Waals surface area contributed by atoms with Gasteiger partial charge in [-0.15, -0.1) is 0 Å². The summed E-state index contributed by atoms with van der Waals surface area (Å²) in [7, 11) is 0. The smallest absolute Gasteiger partial charge is 0.191 e. The molecule has 1 aromatic carbocycles. The van der Waals surface area contributed by atoms with Crippen LogP contribution in [0, 0.1) is 5.82 Å². The van der Waals surface area contributed by atoms with Crippen LogP contribution in [0.4, 0.5) is 4.39 Å². The predicted octanol–water partition coefficient (Wildman–Crippen LogP) is 2.91. The van der Waals surface area contributed by atoms with Crippen LogP contribution in [0.5, 0.6) is 0 Å². The highest BCUT2D eigenvalue weighted by atomic mass is 19.1. The van der Waals surface area contributed by atoms with Crippen molar-refractivity contribution in [2.75, 3.05) is 19.6 Å². The number of halogens is 1. The lowest BCUT2D eigenvalue weighted by atomic mass is 10.3. The van der Waals surface area contributed by atoms with E-state index in [9.17, 15) is 4.39 Å². The average Bonchev–Trinajstić information content (AvgIpc) is 3.04. The molecule has 0 spiro atoms. The second kappa shape index (κ2) is 9.70. The zero-order chi connectivity index (χ0) is 17.2. The molecule has 130 valence electrons. The number of nitrogens with one attached hydrogen (secondary N) is 2. The Morgan fingerprint density at radius 3 is 2.67 bits per heavy atom. The number of unbranched alkanes of at least 4 members (excludes halogenated alkanes) is 1. The van der Waals surface area contributed by atoms with E-state index in [1.54, 1.807) is 16.8 Å². The van der Waals surface area contributed by atoms with Crippen molar-refractivity contribution < 1.29 is 4.39 Å². The van der Waals surface area contributed by atoms with Gasteiger partial charge in [0, 0.05) is 32.3 Å². The van der Waals surface area contributed by atoms with Gasteiger partial charge in [0.1, 0.15) is 5.82 Å². The molecule has 0 unspecified atom stereocenters. The normalized spacial score (nSPS) is 11.5. The Morgan fingerprint density at radius 2 is 1.96 bits per heavy atom. The number of rotatable bonds is 8. The van der Waals surface area contributed by atoms with Gasteiger partial charge in [-0.1, -0.05) is 13.3 Å². The standard InChI is InChI=1S/C18H26FN5/c1-3-5-12-21-18(20-4-2)22-13-10-16-11-14-24(23-16)17-8-6-15(19)7-9-17/h6-9,11,14H,3-5,10,12-13H2,1-2H3,(H2,20,21,22). The fourth-order valence-corrected chi connectivity index (χ4v) is 2.23. The van der Waals surface area contributed by atoms with Crippen molar-refractivity contribution in [1.29, 1.82) is 0 Å². The minimum Gasteiger partial charge on any atom is -0.357 e. The van der Waals surface area contributed by atoms with Crippen LogP contribution in [-0.4, -0.2) is 35.4 Å². The Balaban J connectivity index is 1.85. The molecule has 0 radical (unpaired) electrons. The van der Waals surface area contributed by atoms with E-state index in [1.807, 2.05) is 12.3 Å². The van der Waals surface area contributed by atoms with Crippen LogP contribution in [0.25, 0.3) is 5.69 Å². The SMILES string of the molecule is CCCCN=C(NCC)NCCc1ccn(-c2ccc(F)cc2)n1. The van der Waals surface area contributed by atoms with Crippen LogP contribution >= 0.6 is 0 Å². The van der Waals surface area contributed by atoms with Crippen molar-refractivity contribution in [3.63, 3.8) is 0 Å². The van der Waals surface area contributed by atoms with E-state index in [2.05, 4.69) is 34.6 Å². The van der Waals surface area contributed by atoms with E-state index in [0.717, 1.165) is 56.2 Å². The van der Waals surface area contributed by atoms with Crippen molar-refractivity contribution in [2.24, 2.45) is 4.99 Å². The Labute approximate surface area is 143 Å². The van der Waals surface area contributed by atoms with Crippen LogP contribution in [0.3, 0.4) is 0 Å². The van der Waals surface area contributed by atoms with Gasteiger partial charge in [-0.3, -0.25) is 4.99 Å². The van der Waals surface area contributed by atoms with E-state index in [-0.39, 0.29) is 5.82 Å². The van der Waals surface area contributed by atoms with Crippen LogP contribution < -0.4 is 10.6 Å². The monoisotopic (exact) mass is 331 g/mol. The van der Waals surface area contributed by atoms with E-state index >= 15 is 0 Å². The molecule has 0 atom stereocenters. The van der Waals surface area contributed by atoms with Crippen molar-refractivity contribution in [1.82, 2.24) is 20.4 Å². The van der Waals surface area contributed by atoms with Crippen LogP contribution in [0.2, 0.25) is 0 Å². The molecule has 0 aliphatic heterocycles. The number of nitrogens with zero attached hydrogens (tertiary/aromatic N) is 3. The summed E-state index contributed by atoms with van der Waals surface area (Å²) in [5.41, 5.74) is 1.83. The topological polar surface area (TPSA) is 54.2 Å². The lowest BCUT2D eigenvalue weighted by Gasteiger charge is -2.10. The number of hydrogen-bond acceptors (Lipinski definition) is 2. The minimum absolute atomic E-state index is 0.242. The minimum atomic E-state index is -0.242. The second-order valence-electron chi connectivity index (χ2n) is 5.52. The van der Waals surface area contributed by atoms with Gasteiger partial charge in [0.2, 0.25) is 0 Å². The van der Waals surface area contributed by atoms with Gasteiger partial charge in [0.25, 0.3) is 0 Å². The van der Waals surface area contributed by atoms with Gasteiger partial charge in [-0.25, -0.2) is 9.07 Å². The maximum Gasteiger partial charge on any atom is 0.191 e. The third-order valence-electron chi connectivity index (χ3n) is 3.53. The highest BCUT2D eigenvalue weighted by Crippen LogP contribution is 2.09. The summed E-state index contributed by atoms with van der Waals surface area (Å²) in [6, 6.07) is 8.29. The maximum atomic E-state index is 13.0. The summed E-state index contributed by atoms with van der Waals surface area (Å²) in [4.78, 5) is 4.53. The number of guanidine groups is 1. The first-order valence-electron chi connectivity index (χ1n) is 8.55. The molecule has 1 aromatic heterocycles. The number of hydrogen-bond donors (Lipinski definition) is 2. The molecule has 2 N–H and O–H groups in total. The first kappa shape index (κ1) is 18.0. The summed E-state index contributed by atoms with van der Waals surface area (Å²) in [5, 5.41) is 11.1. The van der Waals surface area contributed by atoms with E-state index < -0.39 is 0 Å². The summed E-state index contributed by atoms with van der Waals surface area (Å²) >= 11 is 0. The second-order valence-corrected chi connectivity index (χ2v) is 5.52. The Kier molecular flexibility index (Phi) is 7.26. The van der Waals surface area contributed by atoms with Crippen molar-refractivity contribution >= 4 is 5.96 Å². The lowest BCUT2D eigenvalue weighted by molar-refractivity contribution is 0.627. The van der Waals surface area contributed by atoms with Crippen LogP contribution in [0.1, 0.15) is 32.4 Å². The fourth-order valence-electron chi connectivity index (χ4n) is 2.23. The summed E-state index contributed by atoms with van der Waals surface area (Å²) in [6.45, 7) is 6.66.